The first kappa shape index (κ1) is 45.9. The van der Waals surface area contributed by atoms with Crippen LogP contribution in [0.1, 0.15) is 0 Å². The fourth-order valence-corrected chi connectivity index (χ4v) is 12.2. The van der Waals surface area contributed by atoms with Gasteiger partial charge in [0.15, 0.2) is 0 Å². The van der Waals surface area contributed by atoms with Crippen LogP contribution in [0.4, 0.5) is 34.1 Å². The van der Waals surface area contributed by atoms with Crippen LogP contribution in [-0.4, -0.2) is 4.57 Å². The molecule has 0 amide bonds. The summed E-state index contributed by atoms with van der Waals surface area (Å²) in [5.41, 5.74) is 17.2. The smallest absolute Gasteiger partial charge is 0.0541 e. The van der Waals surface area contributed by atoms with Crippen molar-refractivity contribution in [3.05, 3.63) is 309 Å². The number of nitrogens with zero attached hydrogens (tertiary/aromatic N) is 3. The zero-order valence-corrected chi connectivity index (χ0v) is 43.3. The van der Waals surface area contributed by atoms with Crippen molar-refractivity contribution in [1.82, 2.24) is 4.57 Å². The van der Waals surface area contributed by atoms with Crippen LogP contribution in [0.5, 0.6) is 0 Å². The van der Waals surface area contributed by atoms with Gasteiger partial charge in [-0.05, 0) is 174 Å². The molecule has 3 nitrogen and oxygen atoms in total. The molecule has 0 aliphatic heterocycles. The Bertz CT molecular complexity index is 4700. The highest BCUT2D eigenvalue weighted by Crippen LogP contribution is 2.44. The molecule has 14 aromatic carbocycles. The van der Waals surface area contributed by atoms with E-state index in [2.05, 4.69) is 324 Å². The van der Waals surface area contributed by atoms with Gasteiger partial charge < -0.3 is 14.4 Å². The summed E-state index contributed by atoms with van der Waals surface area (Å²) in [6, 6.07) is 113. The maximum Gasteiger partial charge on any atom is 0.0541 e. The summed E-state index contributed by atoms with van der Waals surface area (Å²) in [5, 5.41) is 12.4. The average Bonchev–Trinajstić information content (AvgIpc) is 4.14. The number of benzene rings is 14. The first-order valence-electron chi connectivity index (χ1n) is 27.1. The Morgan fingerprint density at radius 3 is 1.10 bits per heavy atom. The lowest BCUT2D eigenvalue weighted by Gasteiger charge is -2.27. The SMILES string of the molecule is c1ccc(-c2ccc(N(c3ccccc3)c3ccc(-c4ccc5c(c4)c4cc(-c6ccc(N(c7ccccc7)c7cccc8ccccc78)cc6)ccc4n5-c4ccc5c6ccccc6c6ccccc6c5c4)cc3)cc2)cc1. The molecule has 0 aliphatic rings. The lowest BCUT2D eigenvalue weighted by molar-refractivity contribution is 1.19. The number of para-hydroxylation sites is 2. The largest absolute Gasteiger partial charge is 0.311 e. The second-order valence-corrected chi connectivity index (χ2v) is 20.5. The predicted molar refractivity (Wildman–Crippen MR) is 336 cm³/mol. The van der Waals surface area contributed by atoms with Crippen LogP contribution in [0.25, 0.3) is 104 Å². The van der Waals surface area contributed by atoms with E-state index in [9.17, 15) is 0 Å². The summed E-state index contributed by atoms with van der Waals surface area (Å²) in [6.45, 7) is 0. The molecule has 0 N–H and O–H groups in total. The Balaban J connectivity index is 0.858. The van der Waals surface area contributed by atoms with Gasteiger partial charge in [-0.3, -0.25) is 0 Å². The summed E-state index contributed by atoms with van der Waals surface area (Å²) in [7, 11) is 0. The summed E-state index contributed by atoms with van der Waals surface area (Å²) >= 11 is 0. The minimum Gasteiger partial charge on any atom is -0.311 e. The van der Waals surface area contributed by atoms with Gasteiger partial charge in [0.1, 0.15) is 0 Å². The van der Waals surface area contributed by atoms with Gasteiger partial charge in [-0.15, -0.1) is 0 Å². The van der Waals surface area contributed by atoms with Gasteiger partial charge in [0.2, 0.25) is 0 Å². The predicted octanol–water partition coefficient (Wildman–Crippen LogP) is 21.3. The zero-order valence-electron chi connectivity index (χ0n) is 43.3. The summed E-state index contributed by atoms with van der Waals surface area (Å²) in [4.78, 5) is 4.71. The minimum absolute atomic E-state index is 1.09. The number of hydrogen-bond acceptors (Lipinski definition) is 2. The van der Waals surface area contributed by atoms with Gasteiger partial charge in [0, 0.05) is 50.3 Å². The maximum absolute atomic E-state index is 2.47. The molecule has 0 saturated heterocycles. The van der Waals surface area contributed by atoms with Crippen molar-refractivity contribution in [2.75, 3.05) is 9.80 Å². The topological polar surface area (TPSA) is 11.4 Å². The van der Waals surface area contributed by atoms with E-state index in [0.717, 1.165) is 73.1 Å². The number of rotatable bonds is 10. The van der Waals surface area contributed by atoms with Crippen molar-refractivity contribution in [2.45, 2.75) is 0 Å². The molecule has 0 bridgehead atoms. The molecule has 0 atom stereocenters. The summed E-state index contributed by atoms with van der Waals surface area (Å²) in [6.07, 6.45) is 0. The van der Waals surface area contributed by atoms with Gasteiger partial charge in [-0.25, -0.2) is 0 Å². The standard InChI is InChI=1S/C76H51N3/c1-4-17-52(18-5-1)53-31-39-61(40-32-53)77(59-21-6-2-7-22-59)62-41-33-54(34-42-62)57-37-47-75-72(49-57)73-50-58(55-35-43-63(44-36-55)78(60-23-8-3-9-24-60)74-30-16-20-56-19-10-11-25-65(56)74)38-48-76(73)79(75)64-45-46-70-68-28-13-12-26-66(68)67-27-14-15-29-69(67)71(70)51-64/h1-51H. The molecule has 79 heavy (non-hydrogen) atoms. The molecule has 15 rings (SSSR count). The summed E-state index contributed by atoms with van der Waals surface area (Å²) < 4.78 is 2.47. The lowest BCUT2D eigenvalue weighted by Crippen LogP contribution is -2.10. The Morgan fingerprint density at radius 1 is 0.203 bits per heavy atom. The van der Waals surface area contributed by atoms with Gasteiger partial charge >= 0.3 is 0 Å². The van der Waals surface area contributed by atoms with Crippen LogP contribution in [0.3, 0.4) is 0 Å². The average molecular weight is 1010 g/mol. The molecule has 15 aromatic rings. The van der Waals surface area contributed by atoms with Crippen molar-refractivity contribution < 1.29 is 0 Å². The van der Waals surface area contributed by atoms with Crippen molar-refractivity contribution >= 4 is 99.0 Å². The Morgan fingerprint density at radius 2 is 0.570 bits per heavy atom. The molecule has 3 heteroatoms. The van der Waals surface area contributed by atoms with E-state index in [1.807, 2.05) is 0 Å². The Hall–Kier alpha value is -10.5. The molecular weight excluding hydrogens is 955 g/mol. The van der Waals surface area contributed by atoms with Crippen molar-refractivity contribution in [3.63, 3.8) is 0 Å². The third-order valence-electron chi connectivity index (χ3n) is 15.9. The molecule has 0 fully saturated rings. The Kier molecular flexibility index (Phi) is 11.2. The highest BCUT2D eigenvalue weighted by atomic mass is 15.1. The molecule has 0 radical (unpaired) electrons. The quantitative estimate of drug-likeness (QED) is 0.127. The monoisotopic (exact) mass is 1010 g/mol. The molecule has 370 valence electrons. The second kappa shape index (κ2) is 19.3. The molecule has 1 heterocycles. The van der Waals surface area contributed by atoms with Gasteiger partial charge in [-0.1, -0.05) is 206 Å². The fraction of sp³-hybridized carbons (Fsp3) is 0. The summed E-state index contributed by atoms with van der Waals surface area (Å²) in [5.74, 6) is 0. The molecule has 1 aromatic heterocycles. The van der Waals surface area contributed by atoms with E-state index in [-0.39, 0.29) is 0 Å². The number of anilines is 6. The number of hydrogen-bond donors (Lipinski definition) is 0. The second-order valence-electron chi connectivity index (χ2n) is 20.5. The molecule has 0 aliphatic carbocycles. The van der Waals surface area contributed by atoms with E-state index >= 15 is 0 Å². The van der Waals surface area contributed by atoms with Gasteiger partial charge in [-0.2, -0.15) is 0 Å². The van der Waals surface area contributed by atoms with Crippen molar-refractivity contribution in [3.8, 4) is 39.1 Å². The van der Waals surface area contributed by atoms with Crippen LogP contribution < -0.4 is 9.80 Å². The van der Waals surface area contributed by atoms with Crippen LogP contribution >= 0.6 is 0 Å². The van der Waals surface area contributed by atoms with E-state index < -0.39 is 0 Å². The molecular formula is C76H51N3. The van der Waals surface area contributed by atoms with Gasteiger partial charge in [0.05, 0.1) is 16.7 Å². The minimum atomic E-state index is 1.09. The number of fused-ring (bicyclic) bond motifs is 10. The van der Waals surface area contributed by atoms with Crippen LogP contribution in [0, 0.1) is 0 Å². The van der Waals surface area contributed by atoms with Crippen molar-refractivity contribution in [2.24, 2.45) is 0 Å². The molecule has 0 saturated carbocycles. The van der Waals surface area contributed by atoms with Crippen LogP contribution in [-0.2, 0) is 0 Å². The zero-order chi connectivity index (χ0) is 52.2. The van der Waals surface area contributed by atoms with Gasteiger partial charge in [0.25, 0.3) is 0 Å². The molecule has 0 unspecified atom stereocenters. The van der Waals surface area contributed by atoms with E-state index in [1.165, 1.54) is 65.0 Å². The first-order chi connectivity index (χ1) is 39.2. The third-order valence-corrected chi connectivity index (χ3v) is 15.9. The highest BCUT2D eigenvalue weighted by Gasteiger charge is 2.20. The maximum atomic E-state index is 2.47. The lowest BCUT2D eigenvalue weighted by atomic mass is 9.94. The fourth-order valence-electron chi connectivity index (χ4n) is 12.2. The van der Waals surface area contributed by atoms with E-state index in [0.29, 0.717) is 0 Å². The van der Waals surface area contributed by atoms with Crippen molar-refractivity contribution in [1.29, 1.82) is 0 Å². The van der Waals surface area contributed by atoms with E-state index in [1.54, 1.807) is 0 Å². The highest BCUT2D eigenvalue weighted by molar-refractivity contribution is 6.26. The van der Waals surface area contributed by atoms with E-state index in [4.69, 9.17) is 0 Å². The third kappa shape index (κ3) is 8.07. The Labute approximate surface area is 459 Å². The molecule has 0 spiro atoms. The van der Waals surface area contributed by atoms with Crippen LogP contribution in [0.2, 0.25) is 0 Å². The number of aromatic nitrogens is 1. The van der Waals surface area contributed by atoms with Crippen LogP contribution in [0.15, 0.2) is 309 Å². The first-order valence-corrected chi connectivity index (χ1v) is 27.1. The normalized spacial score (nSPS) is 11.5.